The zero-order valence-electron chi connectivity index (χ0n) is 12.1. The number of halogens is 1. The summed E-state index contributed by atoms with van der Waals surface area (Å²) in [7, 11) is 0. The molecule has 2 aromatic rings. The van der Waals surface area contributed by atoms with Crippen LogP contribution in [-0.2, 0) is 12.8 Å². The molecule has 2 rings (SSSR count). The van der Waals surface area contributed by atoms with Gasteiger partial charge in [0.05, 0.1) is 0 Å². The van der Waals surface area contributed by atoms with Gasteiger partial charge in [-0.2, -0.15) is 0 Å². The van der Waals surface area contributed by atoms with Crippen LogP contribution in [-0.4, -0.2) is 11.7 Å². The highest BCUT2D eigenvalue weighted by molar-refractivity contribution is 5.28. The first-order chi connectivity index (χ1) is 9.58. The third-order valence-electron chi connectivity index (χ3n) is 3.68. The van der Waals surface area contributed by atoms with E-state index in [1.807, 2.05) is 19.1 Å². The van der Waals surface area contributed by atoms with E-state index in [0.29, 0.717) is 0 Å². The van der Waals surface area contributed by atoms with Gasteiger partial charge in [0.15, 0.2) is 0 Å². The van der Waals surface area contributed by atoms with E-state index < -0.39 is 0 Å². The molecule has 1 unspecified atom stereocenters. The molecule has 1 nitrogen and oxygen atoms in total. The molecule has 0 aromatic heterocycles. The highest BCUT2D eigenvalue weighted by Gasteiger charge is 2.12. The molecule has 0 radical (unpaired) electrons. The monoisotopic (exact) mass is 272 g/mol. The number of hydrogen-bond acceptors (Lipinski definition) is 1. The van der Waals surface area contributed by atoms with Crippen LogP contribution >= 0.6 is 0 Å². The molecule has 0 bridgehead atoms. The molecule has 0 spiro atoms. The van der Waals surface area contributed by atoms with Gasteiger partial charge in [0.2, 0.25) is 0 Å². The lowest BCUT2D eigenvalue weighted by Gasteiger charge is -2.16. The SMILES string of the molecule is Cc1cccc(CC(CO)Cc2ccc(F)cc2C)c1. The van der Waals surface area contributed by atoms with Gasteiger partial charge < -0.3 is 5.11 Å². The largest absolute Gasteiger partial charge is 0.396 e. The third kappa shape index (κ3) is 3.91. The Hall–Kier alpha value is -1.67. The summed E-state index contributed by atoms with van der Waals surface area (Å²) in [6.45, 7) is 4.13. The van der Waals surface area contributed by atoms with E-state index in [4.69, 9.17) is 0 Å². The van der Waals surface area contributed by atoms with Gasteiger partial charge in [-0.05, 0) is 61.4 Å². The number of hydrogen-bond donors (Lipinski definition) is 1. The molecule has 0 heterocycles. The Labute approximate surface area is 120 Å². The summed E-state index contributed by atoms with van der Waals surface area (Å²) in [6.07, 6.45) is 1.62. The Morgan fingerprint density at radius 2 is 1.85 bits per heavy atom. The molecule has 0 saturated heterocycles. The summed E-state index contributed by atoms with van der Waals surface area (Å²) in [5, 5.41) is 9.59. The van der Waals surface area contributed by atoms with E-state index in [1.54, 1.807) is 6.07 Å². The smallest absolute Gasteiger partial charge is 0.123 e. The van der Waals surface area contributed by atoms with Gasteiger partial charge in [-0.15, -0.1) is 0 Å². The Kier molecular flexibility index (Phi) is 4.91. The quantitative estimate of drug-likeness (QED) is 0.877. The van der Waals surface area contributed by atoms with Crippen molar-refractivity contribution in [2.24, 2.45) is 5.92 Å². The predicted molar refractivity (Wildman–Crippen MR) is 80.3 cm³/mol. The molecule has 0 saturated carbocycles. The van der Waals surface area contributed by atoms with Crippen LogP contribution in [0, 0.1) is 25.6 Å². The molecule has 0 aliphatic rings. The average Bonchev–Trinajstić information content (AvgIpc) is 2.41. The van der Waals surface area contributed by atoms with Crippen LogP contribution in [0.5, 0.6) is 0 Å². The summed E-state index contributed by atoms with van der Waals surface area (Å²) in [6, 6.07) is 13.2. The van der Waals surface area contributed by atoms with Crippen LogP contribution < -0.4 is 0 Å². The van der Waals surface area contributed by atoms with E-state index in [2.05, 4.69) is 25.1 Å². The molecular weight excluding hydrogens is 251 g/mol. The van der Waals surface area contributed by atoms with Crippen LogP contribution in [0.3, 0.4) is 0 Å². The van der Waals surface area contributed by atoms with Crippen molar-refractivity contribution < 1.29 is 9.50 Å². The second-order valence-corrected chi connectivity index (χ2v) is 5.52. The molecule has 0 aliphatic heterocycles. The van der Waals surface area contributed by atoms with Crippen molar-refractivity contribution in [3.63, 3.8) is 0 Å². The minimum atomic E-state index is -0.203. The van der Waals surface area contributed by atoms with Gasteiger partial charge in [0.1, 0.15) is 5.82 Å². The minimum Gasteiger partial charge on any atom is -0.396 e. The molecule has 1 atom stereocenters. The maximum atomic E-state index is 13.1. The molecule has 0 fully saturated rings. The topological polar surface area (TPSA) is 20.2 Å². The Bertz CT molecular complexity index is 577. The summed E-state index contributed by atoms with van der Waals surface area (Å²) in [5.74, 6) is -0.0357. The lowest BCUT2D eigenvalue weighted by Crippen LogP contribution is -2.13. The second kappa shape index (κ2) is 6.67. The first-order valence-electron chi connectivity index (χ1n) is 7.00. The Morgan fingerprint density at radius 3 is 2.50 bits per heavy atom. The fourth-order valence-corrected chi connectivity index (χ4v) is 2.57. The molecule has 0 amide bonds. The number of aliphatic hydroxyl groups is 1. The van der Waals surface area contributed by atoms with E-state index in [-0.39, 0.29) is 18.3 Å². The second-order valence-electron chi connectivity index (χ2n) is 5.52. The standard InChI is InChI=1S/C18H21FO/c1-13-4-3-5-15(8-13)10-16(12-20)11-17-6-7-18(19)9-14(17)2/h3-9,16,20H,10-12H2,1-2H3. The van der Waals surface area contributed by atoms with Crippen molar-refractivity contribution in [1.82, 2.24) is 0 Å². The highest BCUT2D eigenvalue weighted by atomic mass is 19.1. The maximum absolute atomic E-state index is 13.1. The molecule has 0 aliphatic carbocycles. The van der Waals surface area contributed by atoms with E-state index in [1.165, 1.54) is 17.2 Å². The van der Waals surface area contributed by atoms with Crippen LogP contribution in [0.15, 0.2) is 42.5 Å². The lowest BCUT2D eigenvalue weighted by molar-refractivity contribution is 0.225. The average molecular weight is 272 g/mol. The number of rotatable bonds is 5. The zero-order valence-corrected chi connectivity index (χ0v) is 12.1. The van der Waals surface area contributed by atoms with Gasteiger partial charge >= 0.3 is 0 Å². The van der Waals surface area contributed by atoms with Crippen molar-refractivity contribution >= 4 is 0 Å². The fourth-order valence-electron chi connectivity index (χ4n) is 2.57. The van der Waals surface area contributed by atoms with Gasteiger partial charge in [-0.25, -0.2) is 4.39 Å². The first-order valence-corrected chi connectivity index (χ1v) is 7.00. The van der Waals surface area contributed by atoms with Crippen LogP contribution in [0.25, 0.3) is 0 Å². The molecule has 2 heteroatoms. The van der Waals surface area contributed by atoms with Crippen molar-refractivity contribution in [3.8, 4) is 0 Å². The first kappa shape index (κ1) is 14.7. The van der Waals surface area contributed by atoms with Crippen molar-refractivity contribution in [2.75, 3.05) is 6.61 Å². The van der Waals surface area contributed by atoms with Gasteiger partial charge in [0, 0.05) is 6.61 Å². The van der Waals surface area contributed by atoms with Crippen LogP contribution in [0.2, 0.25) is 0 Å². The number of aliphatic hydroxyl groups excluding tert-OH is 1. The van der Waals surface area contributed by atoms with Crippen molar-refractivity contribution in [2.45, 2.75) is 26.7 Å². The third-order valence-corrected chi connectivity index (χ3v) is 3.68. The van der Waals surface area contributed by atoms with Gasteiger partial charge in [-0.1, -0.05) is 35.9 Å². The lowest BCUT2D eigenvalue weighted by atomic mass is 9.91. The van der Waals surface area contributed by atoms with Crippen molar-refractivity contribution in [3.05, 3.63) is 70.5 Å². The van der Waals surface area contributed by atoms with Crippen LogP contribution in [0.4, 0.5) is 4.39 Å². The highest BCUT2D eigenvalue weighted by Crippen LogP contribution is 2.18. The normalized spacial score (nSPS) is 12.4. The van der Waals surface area contributed by atoms with Crippen LogP contribution in [0.1, 0.15) is 22.3 Å². The Balaban J connectivity index is 2.09. The summed E-state index contributed by atoms with van der Waals surface area (Å²) in [4.78, 5) is 0. The Morgan fingerprint density at radius 1 is 1.05 bits per heavy atom. The number of aryl methyl sites for hydroxylation is 2. The summed E-state index contributed by atoms with van der Waals surface area (Å²) < 4.78 is 13.1. The van der Waals surface area contributed by atoms with Crippen molar-refractivity contribution in [1.29, 1.82) is 0 Å². The van der Waals surface area contributed by atoms with E-state index in [9.17, 15) is 9.50 Å². The molecular formula is C18H21FO. The van der Waals surface area contributed by atoms with Gasteiger partial charge in [0.25, 0.3) is 0 Å². The fraction of sp³-hybridized carbons (Fsp3) is 0.333. The minimum absolute atomic E-state index is 0.144. The molecule has 106 valence electrons. The van der Waals surface area contributed by atoms with E-state index >= 15 is 0 Å². The maximum Gasteiger partial charge on any atom is 0.123 e. The number of benzene rings is 2. The molecule has 1 N–H and O–H groups in total. The molecule has 2 aromatic carbocycles. The van der Waals surface area contributed by atoms with E-state index in [0.717, 1.165) is 24.0 Å². The molecule has 20 heavy (non-hydrogen) atoms. The predicted octanol–water partition coefficient (Wildman–Crippen LogP) is 3.84. The zero-order chi connectivity index (χ0) is 14.5. The van der Waals surface area contributed by atoms with Gasteiger partial charge in [-0.3, -0.25) is 0 Å². The summed E-state index contributed by atoms with van der Waals surface area (Å²) >= 11 is 0. The summed E-state index contributed by atoms with van der Waals surface area (Å²) in [5.41, 5.74) is 4.53.